The third-order valence-electron chi connectivity index (χ3n) is 5.59. The van der Waals surface area contributed by atoms with E-state index in [9.17, 15) is 27.6 Å². The summed E-state index contributed by atoms with van der Waals surface area (Å²) in [4.78, 5) is 50.3. The summed E-state index contributed by atoms with van der Waals surface area (Å²) in [5.41, 5.74) is 2.19. The molecule has 0 unspecified atom stereocenters. The highest BCUT2D eigenvalue weighted by Gasteiger charge is 2.29. The third kappa shape index (κ3) is 7.72. The minimum Gasteiger partial charge on any atom is -0.481 e. The van der Waals surface area contributed by atoms with Crippen LogP contribution < -0.4 is 10.0 Å². The van der Waals surface area contributed by atoms with Gasteiger partial charge in [0.1, 0.15) is 0 Å². The molecule has 1 aliphatic heterocycles. The number of aliphatic carboxylic acids is 1. The van der Waals surface area contributed by atoms with Gasteiger partial charge in [-0.2, -0.15) is 0 Å². The zero-order chi connectivity index (χ0) is 25.4. The number of aryl methyl sites for hydroxylation is 1. The van der Waals surface area contributed by atoms with E-state index in [0.717, 1.165) is 11.1 Å². The van der Waals surface area contributed by atoms with Gasteiger partial charge in [0.05, 0.1) is 31.3 Å². The Hall–Kier alpha value is -3.57. The van der Waals surface area contributed by atoms with Crippen LogP contribution in [0.4, 0.5) is 0 Å². The molecule has 0 aliphatic carbocycles. The van der Waals surface area contributed by atoms with Crippen molar-refractivity contribution in [1.29, 1.82) is 0 Å². The molecule has 0 spiro atoms. The Morgan fingerprint density at radius 3 is 2.43 bits per heavy atom. The third-order valence-corrected chi connectivity index (χ3v) is 6.92. The van der Waals surface area contributed by atoms with Crippen molar-refractivity contribution in [3.8, 4) is 0 Å². The Morgan fingerprint density at radius 1 is 1.03 bits per heavy atom. The van der Waals surface area contributed by atoms with E-state index >= 15 is 0 Å². The number of ketones is 1. The average Bonchev–Trinajstić information content (AvgIpc) is 2.83. The van der Waals surface area contributed by atoms with E-state index in [1.807, 2.05) is 18.2 Å². The molecular weight excluding hydrogens is 474 g/mol. The molecule has 186 valence electrons. The zero-order valence-corrected chi connectivity index (χ0v) is 19.8. The van der Waals surface area contributed by atoms with E-state index in [-0.39, 0.29) is 24.6 Å². The lowest BCUT2D eigenvalue weighted by atomic mass is 9.99. The van der Waals surface area contributed by atoms with Crippen LogP contribution in [0.3, 0.4) is 0 Å². The topological polar surface area (TPSA) is 150 Å². The lowest BCUT2D eigenvalue weighted by Crippen LogP contribution is -2.51. The second kappa shape index (κ2) is 11.7. The Balaban J connectivity index is 1.55. The molecule has 10 nitrogen and oxygen atoms in total. The molecule has 11 heteroatoms. The minimum absolute atomic E-state index is 0.243. The smallest absolute Gasteiger partial charge is 0.305 e. The van der Waals surface area contributed by atoms with Crippen LogP contribution in [-0.4, -0.2) is 73.4 Å². The summed E-state index contributed by atoms with van der Waals surface area (Å²) in [6, 6.07) is 14.6. The molecule has 0 aromatic heterocycles. The molecule has 2 amide bonds. The first kappa shape index (κ1) is 26.0. The molecule has 2 aromatic rings. The van der Waals surface area contributed by atoms with Gasteiger partial charge in [0.25, 0.3) is 5.91 Å². The molecule has 2 aromatic carbocycles. The maximum absolute atomic E-state index is 12.6. The summed E-state index contributed by atoms with van der Waals surface area (Å²) < 4.78 is 26.7. The fraction of sp³-hybridized carbons (Fsp3) is 0.333. The molecule has 3 rings (SSSR count). The van der Waals surface area contributed by atoms with Crippen LogP contribution in [0.2, 0.25) is 0 Å². The van der Waals surface area contributed by atoms with Crippen LogP contribution in [0, 0.1) is 0 Å². The van der Waals surface area contributed by atoms with Crippen molar-refractivity contribution in [1.82, 2.24) is 14.9 Å². The fourth-order valence-electron chi connectivity index (χ4n) is 3.73. The van der Waals surface area contributed by atoms with Crippen molar-refractivity contribution in [3.05, 3.63) is 71.3 Å². The van der Waals surface area contributed by atoms with Gasteiger partial charge in [-0.15, -0.1) is 0 Å². The van der Waals surface area contributed by atoms with E-state index in [4.69, 9.17) is 5.11 Å². The lowest BCUT2D eigenvalue weighted by molar-refractivity contribution is -0.140. The van der Waals surface area contributed by atoms with Gasteiger partial charge in [0.15, 0.2) is 5.78 Å². The molecule has 0 saturated heterocycles. The van der Waals surface area contributed by atoms with Gasteiger partial charge < -0.3 is 15.3 Å². The minimum atomic E-state index is -3.81. The van der Waals surface area contributed by atoms with Crippen molar-refractivity contribution in [2.45, 2.75) is 25.3 Å². The number of carbonyl (C=O) groups is 4. The van der Waals surface area contributed by atoms with Crippen molar-refractivity contribution in [3.63, 3.8) is 0 Å². The van der Waals surface area contributed by atoms with Crippen molar-refractivity contribution < 1.29 is 32.7 Å². The SMILES string of the molecule is O=C(O)C[C@H](NC(=O)CN1CCc2ccccc2C1=O)C(=O)CNS(=O)(=O)CCc1ccccc1. The Labute approximate surface area is 203 Å². The molecule has 1 aliphatic rings. The largest absolute Gasteiger partial charge is 0.481 e. The molecule has 1 atom stereocenters. The van der Waals surface area contributed by atoms with Crippen LogP contribution in [0.25, 0.3) is 0 Å². The van der Waals surface area contributed by atoms with Crippen LogP contribution in [0.15, 0.2) is 54.6 Å². The zero-order valence-electron chi connectivity index (χ0n) is 19.0. The number of fused-ring (bicyclic) bond motifs is 1. The van der Waals surface area contributed by atoms with Gasteiger partial charge in [-0.25, -0.2) is 13.1 Å². The van der Waals surface area contributed by atoms with E-state index < -0.39 is 46.7 Å². The van der Waals surface area contributed by atoms with Crippen molar-refractivity contribution in [2.75, 3.05) is 25.4 Å². The van der Waals surface area contributed by atoms with Crippen LogP contribution in [0.1, 0.15) is 27.9 Å². The number of carboxylic acids is 1. The highest BCUT2D eigenvalue weighted by atomic mass is 32.2. The Morgan fingerprint density at radius 2 is 1.71 bits per heavy atom. The van der Waals surface area contributed by atoms with Gasteiger partial charge >= 0.3 is 5.97 Å². The number of carboxylic acid groups (broad SMARTS) is 1. The maximum Gasteiger partial charge on any atom is 0.305 e. The van der Waals surface area contributed by atoms with Gasteiger partial charge in [-0.05, 0) is 30.0 Å². The molecule has 0 bridgehead atoms. The Bertz CT molecular complexity index is 1200. The molecule has 0 saturated carbocycles. The first-order valence-electron chi connectivity index (χ1n) is 11.1. The summed E-state index contributed by atoms with van der Waals surface area (Å²) in [7, 11) is -3.81. The average molecular weight is 502 g/mol. The van der Waals surface area contributed by atoms with Crippen LogP contribution in [0.5, 0.6) is 0 Å². The number of sulfonamides is 1. The maximum atomic E-state index is 12.6. The predicted molar refractivity (Wildman–Crippen MR) is 127 cm³/mol. The highest BCUT2D eigenvalue weighted by molar-refractivity contribution is 7.89. The van der Waals surface area contributed by atoms with Crippen molar-refractivity contribution >= 4 is 33.6 Å². The number of hydrogen-bond acceptors (Lipinski definition) is 6. The summed E-state index contributed by atoms with van der Waals surface area (Å²) in [6.45, 7) is -0.702. The van der Waals surface area contributed by atoms with E-state index in [1.165, 1.54) is 4.90 Å². The molecule has 0 radical (unpaired) electrons. The molecular formula is C24H27N3O7S. The normalized spacial score (nSPS) is 14.2. The first-order valence-corrected chi connectivity index (χ1v) is 12.7. The van der Waals surface area contributed by atoms with Gasteiger partial charge in [-0.1, -0.05) is 48.5 Å². The second-order valence-electron chi connectivity index (χ2n) is 8.19. The quantitative estimate of drug-likeness (QED) is 0.380. The predicted octanol–water partition coefficient (Wildman–Crippen LogP) is 0.376. The lowest BCUT2D eigenvalue weighted by Gasteiger charge is -2.28. The number of amides is 2. The molecule has 3 N–H and O–H groups in total. The van der Waals surface area contributed by atoms with Gasteiger partial charge in [-0.3, -0.25) is 19.2 Å². The summed E-state index contributed by atoms with van der Waals surface area (Å²) in [6.07, 6.45) is 0.0944. The first-order chi connectivity index (χ1) is 16.6. The molecule has 0 fully saturated rings. The van der Waals surface area contributed by atoms with E-state index in [0.29, 0.717) is 18.5 Å². The van der Waals surface area contributed by atoms with Crippen molar-refractivity contribution in [2.24, 2.45) is 0 Å². The number of hydrogen-bond donors (Lipinski definition) is 3. The van der Waals surface area contributed by atoms with Gasteiger partial charge in [0, 0.05) is 12.1 Å². The monoisotopic (exact) mass is 501 g/mol. The number of nitrogens with one attached hydrogen (secondary N) is 2. The standard InChI is InChI=1S/C24H27N3O7S/c28-21(15-25-35(33,34)13-11-17-6-2-1-3-7-17)20(14-23(30)31)26-22(29)16-27-12-10-18-8-4-5-9-19(18)24(27)32/h1-9,20,25H,10-16H2,(H,26,29)(H,30,31)/t20-/m0/s1. The summed E-state index contributed by atoms with van der Waals surface area (Å²) >= 11 is 0. The number of rotatable bonds is 12. The summed E-state index contributed by atoms with van der Waals surface area (Å²) in [5.74, 6) is -3.41. The van der Waals surface area contributed by atoms with E-state index in [1.54, 1.807) is 36.4 Å². The number of carbonyl (C=O) groups excluding carboxylic acids is 3. The fourth-order valence-corrected chi connectivity index (χ4v) is 4.74. The number of nitrogens with zero attached hydrogens (tertiary/aromatic N) is 1. The van der Waals surface area contributed by atoms with Crippen LogP contribution in [-0.2, 0) is 37.2 Å². The van der Waals surface area contributed by atoms with Gasteiger partial charge in [0.2, 0.25) is 15.9 Å². The Kier molecular flexibility index (Phi) is 8.72. The molecule has 1 heterocycles. The second-order valence-corrected chi connectivity index (χ2v) is 10.1. The number of benzene rings is 2. The van der Waals surface area contributed by atoms with E-state index in [2.05, 4.69) is 10.0 Å². The van der Waals surface area contributed by atoms with Crippen LogP contribution >= 0.6 is 0 Å². The highest BCUT2D eigenvalue weighted by Crippen LogP contribution is 2.18. The molecule has 35 heavy (non-hydrogen) atoms. The number of Topliss-reactive ketones (excluding diaryl/α,β-unsaturated/α-hetero) is 1. The summed E-state index contributed by atoms with van der Waals surface area (Å²) in [5, 5.41) is 11.5.